The second kappa shape index (κ2) is 7.12. The zero-order chi connectivity index (χ0) is 20.7. The van der Waals surface area contributed by atoms with Crippen LogP contribution in [-0.2, 0) is 0 Å². The summed E-state index contributed by atoms with van der Waals surface area (Å²) in [6.07, 6.45) is 2.84. The Labute approximate surface area is 173 Å². The van der Waals surface area contributed by atoms with Crippen molar-refractivity contribution >= 4 is 16.7 Å². The molecule has 1 fully saturated rings. The second-order valence-corrected chi connectivity index (χ2v) is 7.81. The maximum absolute atomic E-state index is 10.3. The molecule has 4 aromatic rings. The predicted molar refractivity (Wildman–Crippen MR) is 116 cm³/mol. The van der Waals surface area contributed by atoms with Gasteiger partial charge < -0.3 is 21.3 Å². The van der Waals surface area contributed by atoms with Crippen LogP contribution in [0.15, 0.2) is 66.9 Å². The molecule has 0 unspecified atom stereocenters. The van der Waals surface area contributed by atoms with Gasteiger partial charge in [0.05, 0.1) is 22.5 Å². The molecule has 152 valence electrons. The van der Waals surface area contributed by atoms with Crippen molar-refractivity contribution in [2.24, 2.45) is 5.73 Å². The summed E-state index contributed by atoms with van der Waals surface area (Å²) in [4.78, 5) is 4.26. The number of pyridine rings is 1. The number of fused-ring (bicyclic) bond motifs is 1. The summed E-state index contributed by atoms with van der Waals surface area (Å²) in [6.45, 7) is 0.252. The number of nitrogens with two attached hydrogens (primary N) is 2. The van der Waals surface area contributed by atoms with E-state index in [1.165, 1.54) is 0 Å². The largest absolute Gasteiger partial charge is 0.457 e. The molecular formula is C23H23N5O2. The number of benzene rings is 2. The first kappa shape index (κ1) is 18.6. The molecule has 5 N–H and O–H groups in total. The minimum atomic E-state index is -0.807. The molecule has 7 heteroatoms. The Bertz CT molecular complexity index is 1180. The molecule has 0 bridgehead atoms. The van der Waals surface area contributed by atoms with Crippen LogP contribution in [0, 0.1) is 0 Å². The number of aromatic nitrogens is 3. The average Bonchev–Trinajstić information content (AvgIpc) is 3.13. The van der Waals surface area contributed by atoms with Crippen molar-refractivity contribution in [1.82, 2.24) is 14.8 Å². The minimum absolute atomic E-state index is 0.0808. The molecule has 1 aliphatic carbocycles. The SMILES string of the molecule is NCC1(O)CC(n2nc(-c3ccc(Oc4ccccc4)cc3)c3c(N)nccc32)C1. The second-order valence-electron chi connectivity index (χ2n) is 7.81. The van der Waals surface area contributed by atoms with Crippen LogP contribution < -0.4 is 16.2 Å². The molecule has 0 amide bonds. The van der Waals surface area contributed by atoms with Crippen molar-refractivity contribution in [3.63, 3.8) is 0 Å². The van der Waals surface area contributed by atoms with Crippen molar-refractivity contribution in [3.8, 4) is 22.8 Å². The Morgan fingerprint density at radius 3 is 2.43 bits per heavy atom. The number of nitrogen functional groups attached to an aromatic ring is 1. The first-order valence-electron chi connectivity index (χ1n) is 9.95. The summed E-state index contributed by atoms with van der Waals surface area (Å²) in [5.41, 5.74) is 13.7. The van der Waals surface area contributed by atoms with Crippen LogP contribution in [0.4, 0.5) is 5.82 Å². The van der Waals surface area contributed by atoms with Crippen molar-refractivity contribution < 1.29 is 9.84 Å². The summed E-state index contributed by atoms with van der Waals surface area (Å²) in [5.74, 6) is 1.96. The molecule has 0 spiro atoms. The third kappa shape index (κ3) is 3.18. The van der Waals surface area contributed by atoms with Crippen LogP contribution in [0.5, 0.6) is 11.5 Å². The summed E-state index contributed by atoms with van der Waals surface area (Å²) in [7, 11) is 0. The Balaban J connectivity index is 1.50. The summed E-state index contributed by atoms with van der Waals surface area (Å²) >= 11 is 0. The van der Waals surface area contributed by atoms with Gasteiger partial charge in [-0.15, -0.1) is 0 Å². The molecule has 1 aliphatic rings. The molecule has 30 heavy (non-hydrogen) atoms. The van der Waals surface area contributed by atoms with Crippen LogP contribution in [0.25, 0.3) is 22.2 Å². The number of para-hydroxylation sites is 1. The van der Waals surface area contributed by atoms with E-state index in [0.717, 1.165) is 33.7 Å². The van der Waals surface area contributed by atoms with Crippen molar-refractivity contribution in [1.29, 1.82) is 0 Å². The van der Waals surface area contributed by atoms with E-state index < -0.39 is 5.60 Å². The van der Waals surface area contributed by atoms with E-state index in [9.17, 15) is 5.11 Å². The monoisotopic (exact) mass is 401 g/mol. The van der Waals surface area contributed by atoms with Gasteiger partial charge in [-0.25, -0.2) is 4.98 Å². The molecule has 0 radical (unpaired) electrons. The van der Waals surface area contributed by atoms with Crippen LogP contribution in [0.3, 0.4) is 0 Å². The minimum Gasteiger partial charge on any atom is -0.457 e. The van der Waals surface area contributed by atoms with Gasteiger partial charge in [0.1, 0.15) is 23.0 Å². The number of hydrogen-bond donors (Lipinski definition) is 3. The lowest BCUT2D eigenvalue weighted by Gasteiger charge is -2.43. The van der Waals surface area contributed by atoms with Crippen molar-refractivity contribution in [2.75, 3.05) is 12.3 Å². The van der Waals surface area contributed by atoms with Gasteiger partial charge in [0, 0.05) is 18.3 Å². The third-order valence-electron chi connectivity index (χ3n) is 5.71. The molecular weight excluding hydrogens is 378 g/mol. The van der Waals surface area contributed by atoms with Crippen molar-refractivity contribution in [2.45, 2.75) is 24.5 Å². The maximum Gasteiger partial charge on any atom is 0.135 e. The molecule has 0 saturated heterocycles. The normalized spacial score (nSPS) is 20.8. The molecule has 0 atom stereocenters. The highest BCUT2D eigenvalue weighted by Crippen LogP contribution is 2.43. The fourth-order valence-electron chi connectivity index (χ4n) is 4.06. The molecule has 1 saturated carbocycles. The summed E-state index contributed by atoms with van der Waals surface area (Å²) in [5, 5.41) is 16.0. The Morgan fingerprint density at radius 2 is 1.73 bits per heavy atom. The fraction of sp³-hybridized carbons (Fsp3) is 0.217. The van der Waals surface area contributed by atoms with E-state index in [0.29, 0.717) is 18.7 Å². The highest BCUT2D eigenvalue weighted by Gasteiger charge is 2.43. The van der Waals surface area contributed by atoms with E-state index in [1.54, 1.807) is 6.20 Å². The van der Waals surface area contributed by atoms with E-state index in [4.69, 9.17) is 21.3 Å². The highest BCUT2D eigenvalue weighted by molar-refractivity contribution is 6.00. The summed E-state index contributed by atoms with van der Waals surface area (Å²) < 4.78 is 7.83. The lowest BCUT2D eigenvalue weighted by Crippen LogP contribution is -2.50. The summed E-state index contributed by atoms with van der Waals surface area (Å²) in [6, 6.07) is 19.4. The zero-order valence-corrected chi connectivity index (χ0v) is 16.4. The smallest absolute Gasteiger partial charge is 0.135 e. The van der Waals surface area contributed by atoms with Gasteiger partial charge in [0.25, 0.3) is 0 Å². The lowest BCUT2D eigenvalue weighted by molar-refractivity contribution is -0.0609. The predicted octanol–water partition coefficient (Wildman–Crippen LogP) is 3.50. The number of rotatable bonds is 5. The molecule has 2 heterocycles. The quantitative estimate of drug-likeness (QED) is 0.472. The number of anilines is 1. The fourth-order valence-corrected chi connectivity index (χ4v) is 4.06. The van der Waals surface area contributed by atoms with E-state index in [2.05, 4.69) is 4.98 Å². The van der Waals surface area contributed by atoms with Gasteiger partial charge >= 0.3 is 0 Å². The molecule has 2 aromatic carbocycles. The van der Waals surface area contributed by atoms with Crippen LogP contribution >= 0.6 is 0 Å². The van der Waals surface area contributed by atoms with Gasteiger partial charge in [-0.2, -0.15) is 5.10 Å². The van der Waals surface area contributed by atoms with Crippen LogP contribution in [0.1, 0.15) is 18.9 Å². The first-order valence-corrected chi connectivity index (χ1v) is 9.95. The molecule has 5 rings (SSSR count). The zero-order valence-electron chi connectivity index (χ0n) is 16.4. The van der Waals surface area contributed by atoms with Crippen LogP contribution in [-0.4, -0.2) is 32.0 Å². The van der Waals surface area contributed by atoms with Gasteiger partial charge in [-0.05, 0) is 55.3 Å². The maximum atomic E-state index is 10.3. The average molecular weight is 401 g/mol. The first-order chi connectivity index (χ1) is 14.6. The van der Waals surface area contributed by atoms with Gasteiger partial charge in [0.2, 0.25) is 0 Å². The third-order valence-corrected chi connectivity index (χ3v) is 5.71. The lowest BCUT2D eigenvalue weighted by atomic mass is 9.76. The molecule has 2 aromatic heterocycles. The Kier molecular flexibility index (Phi) is 4.42. The standard InChI is InChI=1S/C23H23N5O2/c24-14-23(29)12-16(13-23)28-19-10-11-26-22(25)20(19)21(27-28)15-6-8-18(9-7-15)30-17-4-2-1-3-5-17/h1-11,16,29H,12-14,24H2,(H2,25,26). The van der Waals surface area contributed by atoms with Gasteiger partial charge in [-0.3, -0.25) is 4.68 Å². The van der Waals surface area contributed by atoms with E-state index in [-0.39, 0.29) is 12.6 Å². The van der Waals surface area contributed by atoms with E-state index in [1.807, 2.05) is 65.3 Å². The molecule has 7 nitrogen and oxygen atoms in total. The van der Waals surface area contributed by atoms with E-state index >= 15 is 0 Å². The number of aliphatic hydroxyl groups is 1. The molecule has 0 aliphatic heterocycles. The number of nitrogens with zero attached hydrogens (tertiary/aromatic N) is 3. The topological polar surface area (TPSA) is 112 Å². The van der Waals surface area contributed by atoms with Crippen molar-refractivity contribution in [3.05, 3.63) is 66.9 Å². The van der Waals surface area contributed by atoms with Crippen LogP contribution in [0.2, 0.25) is 0 Å². The van der Waals surface area contributed by atoms with Gasteiger partial charge in [-0.1, -0.05) is 18.2 Å². The Hall–Kier alpha value is -3.42. The number of ether oxygens (including phenoxy) is 1. The Morgan fingerprint density at radius 1 is 1.03 bits per heavy atom. The number of hydrogen-bond acceptors (Lipinski definition) is 6. The highest BCUT2D eigenvalue weighted by atomic mass is 16.5. The van der Waals surface area contributed by atoms with Gasteiger partial charge in [0.15, 0.2) is 0 Å².